The second-order valence-electron chi connectivity index (χ2n) is 4.17. The lowest BCUT2D eigenvalue weighted by atomic mass is 10.1. The van der Waals surface area contributed by atoms with Crippen molar-refractivity contribution in [3.63, 3.8) is 0 Å². The molecule has 4 nitrogen and oxygen atoms in total. The Morgan fingerprint density at radius 2 is 2.32 bits per heavy atom. The van der Waals surface area contributed by atoms with Crippen molar-refractivity contribution in [1.82, 2.24) is 4.98 Å². The molecule has 1 aliphatic rings. The Morgan fingerprint density at radius 1 is 1.42 bits per heavy atom. The summed E-state index contributed by atoms with van der Waals surface area (Å²) in [5, 5.41) is 9.51. The molecule has 2 heterocycles. The minimum atomic E-state index is -0.938. The second kappa shape index (κ2) is 4.85. The lowest BCUT2D eigenvalue weighted by molar-refractivity contribution is 0.0702. The summed E-state index contributed by atoms with van der Waals surface area (Å²) < 4.78 is 5.45. The minimum Gasteiger partial charge on any atom is -0.493 e. The van der Waals surface area contributed by atoms with E-state index in [0.717, 1.165) is 35.7 Å². The maximum atomic E-state index is 10.7. The monoisotopic (exact) mass is 273 g/mol. The molecule has 96 valence electrons. The standard InChI is InChI=1S/C14H11NO3S/c16-14(17)12-8-15-13(19-12)4-2-9-1-3-11-10(7-9)5-6-18-11/h1-4,7-8H,5-6H2,(H,16,17)/b4-2+. The molecule has 1 aliphatic heterocycles. The van der Waals surface area contributed by atoms with E-state index in [9.17, 15) is 4.79 Å². The number of fused-ring (bicyclic) bond motifs is 1. The topological polar surface area (TPSA) is 59.4 Å². The van der Waals surface area contributed by atoms with Crippen LogP contribution in [0.3, 0.4) is 0 Å². The van der Waals surface area contributed by atoms with Crippen LogP contribution < -0.4 is 4.74 Å². The Morgan fingerprint density at radius 3 is 3.11 bits per heavy atom. The molecule has 1 N–H and O–H groups in total. The van der Waals surface area contributed by atoms with Crippen LogP contribution in [0, 0.1) is 0 Å². The molecule has 1 aromatic carbocycles. The predicted octanol–water partition coefficient (Wildman–Crippen LogP) is 2.95. The molecule has 0 fully saturated rings. The highest BCUT2D eigenvalue weighted by Gasteiger charge is 2.11. The molecule has 0 saturated carbocycles. The molecule has 1 aromatic heterocycles. The number of carboxylic acids is 1. The second-order valence-corrected chi connectivity index (χ2v) is 5.23. The van der Waals surface area contributed by atoms with Crippen LogP contribution in [0.2, 0.25) is 0 Å². The first-order chi connectivity index (χ1) is 9.22. The summed E-state index contributed by atoms with van der Waals surface area (Å²) in [6.45, 7) is 0.747. The largest absolute Gasteiger partial charge is 0.493 e. The lowest BCUT2D eigenvalue weighted by Crippen LogP contribution is -1.89. The van der Waals surface area contributed by atoms with Gasteiger partial charge in [-0.3, -0.25) is 0 Å². The summed E-state index contributed by atoms with van der Waals surface area (Å²) in [5.41, 5.74) is 2.28. The van der Waals surface area contributed by atoms with Gasteiger partial charge in [0.1, 0.15) is 15.6 Å². The van der Waals surface area contributed by atoms with E-state index in [1.165, 1.54) is 11.8 Å². The zero-order valence-corrected chi connectivity index (χ0v) is 10.8. The number of rotatable bonds is 3. The van der Waals surface area contributed by atoms with E-state index < -0.39 is 5.97 Å². The van der Waals surface area contributed by atoms with Crippen LogP contribution in [-0.4, -0.2) is 22.7 Å². The van der Waals surface area contributed by atoms with Gasteiger partial charge >= 0.3 is 5.97 Å². The molecule has 0 atom stereocenters. The molecule has 0 radical (unpaired) electrons. The Bertz CT molecular complexity index is 660. The van der Waals surface area contributed by atoms with Gasteiger partial charge in [0, 0.05) is 6.42 Å². The van der Waals surface area contributed by atoms with Gasteiger partial charge in [0.05, 0.1) is 12.8 Å². The van der Waals surface area contributed by atoms with Crippen molar-refractivity contribution in [2.75, 3.05) is 6.61 Å². The summed E-state index contributed by atoms with van der Waals surface area (Å²) in [6, 6.07) is 6.03. The maximum Gasteiger partial charge on any atom is 0.347 e. The van der Waals surface area contributed by atoms with Gasteiger partial charge in [-0.1, -0.05) is 12.1 Å². The van der Waals surface area contributed by atoms with Crippen LogP contribution in [0.1, 0.15) is 25.8 Å². The zero-order valence-electron chi connectivity index (χ0n) is 10.00. The van der Waals surface area contributed by atoms with Crippen molar-refractivity contribution in [2.24, 2.45) is 0 Å². The summed E-state index contributed by atoms with van der Waals surface area (Å²) in [5.74, 6) is 0.0198. The maximum absolute atomic E-state index is 10.7. The first kappa shape index (κ1) is 11.9. The first-order valence-corrected chi connectivity index (χ1v) is 6.67. The molecule has 5 heteroatoms. The fourth-order valence-corrected chi connectivity index (χ4v) is 2.60. The van der Waals surface area contributed by atoms with Crippen LogP contribution >= 0.6 is 11.3 Å². The number of benzene rings is 1. The molecule has 0 spiro atoms. The van der Waals surface area contributed by atoms with E-state index in [4.69, 9.17) is 9.84 Å². The summed E-state index contributed by atoms with van der Waals surface area (Å²) in [6.07, 6.45) is 6.08. The van der Waals surface area contributed by atoms with Crippen molar-refractivity contribution in [3.05, 3.63) is 45.4 Å². The number of hydrogen-bond donors (Lipinski definition) is 1. The van der Waals surface area contributed by atoms with Gasteiger partial charge in [0.25, 0.3) is 0 Å². The lowest BCUT2D eigenvalue weighted by Gasteiger charge is -1.99. The number of aromatic nitrogens is 1. The Labute approximate surface area is 114 Å². The van der Waals surface area contributed by atoms with Crippen molar-refractivity contribution in [3.8, 4) is 5.75 Å². The van der Waals surface area contributed by atoms with Gasteiger partial charge in [0.2, 0.25) is 0 Å². The van der Waals surface area contributed by atoms with Crippen molar-refractivity contribution < 1.29 is 14.6 Å². The number of ether oxygens (including phenoxy) is 1. The summed E-state index contributed by atoms with van der Waals surface area (Å²) in [7, 11) is 0. The van der Waals surface area contributed by atoms with Crippen molar-refractivity contribution in [1.29, 1.82) is 0 Å². The fraction of sp³-hybridized carbons (Fsp3) is 0.143. The number of carboxylic acid groups (broad SMARTS) is 1. The van der Waals surface area contributed by atoms with E-state index in [1.807, 2.05) is 24.3 Å². The van der Waals surface area contributed by atoms with Gasteiger partial charge < -0.3 is 9.84 Å². The predicted molar refractivity (Wildman–Crippen MR) is 73.6 cm³/mol. The number of carbonyl (C=O) groups is 1. The average molecular weight is 273 g/mol. The Kier molecular flexibility index (Phi) is 3.05. The number of aromatic carboxylic acids is 1. The van der Waals surface area contributed by atoms with Gasteiger partial charge in [-0.05, 0) is 29.3 Å². The van der Waals surface area contributed by atoms with Gasteiger partial charge in [-0.25, -0.2) is 9.78 Å². The van der Waals surface area contributed by atoms with Gasteiger partial charge in [-0.2, -0.15) is 0 Å². The average Bonchev–Trinajstić information content (AvgIpc) is 3.04. The quantitative estimate of drug-likeness (QED) is 0.934. The highest BCUT2D eigenvalue weighted by atomic mass is 32.1. The SMILES string of the molecule is O=C(O)c1cnc(/C=C/c2ccc3c(c2)CCO3)s1. The molecular formula is C14H11NO3S. The smallest absolute Gasteiger partial charge is 0.347 e. The van der Waals surface area contributed by atoms with Crippen LogP contribution in [0.15, 0.2) is 24.4 Å². The summed E-state index contributed by atoms with van der Waals surface area (Å²) >= 11 is 1.16. The normalized spacial score (nSPS) is 13.5. The Balaban J connectivity index is 1.80. The first-order valence-electron chi connectivity index (χ1n) is 5.85. The van der Waals surface area contributed by atoms with Crippen LogP contribution in [0.4, 0.5) is 0 Å². The molecule has 3 rings (SSSR count). The summed E-state index contributed by atoms with van der Waals surface area (Å²) in [4.78, 5) is 15.1. The van der Waals surface area contributed by atoms with E-state index >= 15 is 0 Å². The van der Waals surface area contributed by atoms with E-state index in [-0.39, 0.29) is 4.88 Å². The van der Waals surface area contributed by atoms with Gasteiger partial charge in [0.15, 0.2) is 0 Å². The van der Waals surface area contributed by atoms with E-state index in [2.05, 4.69) is 11.1 Å². The number of nitrogens with zero attached hydrogens (tertiary/aromatic N) is 1. The molecule has 0 amide bonds. The molecule has 0 unspecified atom stereocenters. The minimum absolute atomic E-state index is 0.252. The third kappa shape index (κ3) is 2.51. The number of hydrogen-bond acceptors (Lipinski definition) is 4. The number of thiazole rings is 1. The molecule has 0 aliphatic carbocycles. The van der Waals surface area contributed by atoms with E-state index in [1.54, 1.807) is 0 Å². The Hall–Kier alpha value is -2.14. The van der Waals surface area contributed by atoms with Gasteiger partial charge in [-0.15, -0.1) is 11.3 Å². The third-order valence-corrected chi connectivity index (χ3v) is 3.82. The fourth-order valence-electron chi connectivity index (χ4n) is 1.94. The van der Waals surface area contributed by atoms with Crippen LogP contribution in [-0.2, 0) is 6.42 Å². The third-order valence-electron chi connectivity index (χ3n) is 2.87. The van der Waals surface area contributed by atoms with E-state index in [0.29, 0.717) is 5.01 Å². The highest BCUT2D eigenvalue weighted by Crippen LogP contribution is 2.26. The van der Waals surface area contributed by atoms with Crippen LogP contribution in [0.5, 0.6) is 5.75 Å². The highest BCUT2D eigenvalue weighted by molar-refractivity contribution is 7.14. The zero-order chi connectivity index (χ0) is 13.2. The molecule has 2 aromatic rings. The molecular weight excluding hydrogens is 262 g/mol. The molecule has 0 saturated heterocycles. The molecule has 19 heavy (non-hydrogen) atoms. The van der Waals surface area contributed by atoms with Crippen molar-refractivity contribution >= 4 is 29.5 Å². The molecule has 0 bridgehead atoms. The van der Waals surface area contributed by atoms with Crippen LogP contribution in [0.25, 0.3) is 12.2 Å². The van der Waals surface area contributed by atoms with Crippen molar-refractivity contribution in [2.45, 2.75) is 6.42 Å².